The Labute approximate surface area is 127 Å². The van der Waals surface area contributed by atoms with Crippen molar-refractivity contribution in [3.05, 3.63) is 39.9 Å². The van der Waals surface area contributed by atoms with Gasteiger partial charge in [0.25, 0.3) is 0 Å². The van der Waals surface area contributed by atoms with E-state index >= 15 is 0 Å². The van der Waals surface area contributed by atoms with Crippen molar-refractivity contribution in [3.63, 3.8) is 0 Å². The summed E-state index contributed by atoms with van der Waals surface area (Å²) in [5, 5.41) is 3.87. The highest BCUT2D eigenvalue weighted by Crippen LogP contribution is 2.24. The van der Waals surface area contributed by atoms with Crippen LogP contribution in [0, 0.1) is 0 Å². The molecule has 0 unspecified atom stereocenters. The van der Waals surface area contributed by atoms with Gasteiger partial charge in [-0.25, -0.2) is 4.98 Å². The SMILES string of the molecule is COc1ccc(CNCc2nc(Cl)c(Cl)[nH]2)c(OC)c1. The van der Waals surface area contributed by atoms with Crippen LogP contribution in [0.25, 0.3) is 0 Å². The molecule has 0 saturated carbocycles. The van der Waals surface area contributed by atoms with E-state index in [1.807, 2.05) is 18.2 Å². The second kappa shape index (κ2) is 6.83. The Morgan fingerprint density at radius 2 is 2.00 bits per heavy atom. The van der Waals surface area contributed by atoms with Crippen molar-refractivity contribution in [1.82, 2.24) is 15.3 Å². The fourth-order valence-corrected chi connectivity index (χ4v) is 2.07. The Morgan fingerprint density at radius 1 is 1.20 bits per heavy atom. The molecule has 0 radical (unpaired) electrons. The number of hydrogen-bond donors (Lipinski definition) is 2. The van der Waals surface area contributed by atoms with Crippen LogP contribution in [0.5, 0.6) is 11.5 Å². The van der Waals surface area contributed by atoms with E-state index in [1.165, 1.54) is 0 Å². The summed E-state index contributed by atoms with van der Waals surface area (Å²) in [6.45, 7) is 1.16. The molecule has 0 saturated heterocycles. The second-order valence-corrected chi connectivity index (χ2v) is 4.81. The largest absolute Gasteiger partial charge is 0.497 e. The molecule has 2 rings (SSSR count). The number of hydrogen-bond acceptors (Lipinski definition) is 4. The van der Waals surface area contributed by atoms with Gasteiger partial charge in [-0.3, -0.25) is 0 Å². The summed E-state index contributed by atoms with van der Waals surface area (Å²) in [6.07, 6.45) is 0. The van der Waals surface area contributed by atoms with Crippen molar-refractivity contribution in [1.29, 1.82) is 0 Å². The lowest BCUT2D eigenvalue weighted by molar-refractivity contribution is 0.389. The molecule has 5 nitrogen and oxygen atoms in total. The molecule has 0 bridgehead atoms. The molecule has 2 aromatic rings. The average Bonchev–Trinajstić information content (AvgIpc) is 2.78. The number of methoxy groups -OCH3 is 2. The van der Waals surface area contributed by atoms with Crippen LogP contribution in [0.3, 0.4) is 0 Å². The van der Waals surface area contributed by atoms with Crippen LogP contribution in [0.2, 0.25) is 10.3 Å². The zero-order chi connectivity index (χ0) is 14.5. The maximum atomic E-state index is 5.79. The number of nitrogens with one attached hydrogen (secondary N) is 2. The van der Waals surface area contributed by atoms with E-state index in [9.17, 15) is 0 Å². The number of benzene rings is 1. The van der Waals surface area contributed by atoms with Crippen LogP contribution < -0.4 is 14.8 Å². The molecule has 0 atom stereocenters. The Kier molecular flexibility index (Phi) is 5.11. The van der Waals surface area contributed by atoms with Crippen LogP contribution in [0.4, 0.5) is 0 Å². The van der Waals surface area contributed by atoms with Gasteiger partial charge in [-0.15, -0.1) is 0 Å². The van der Waals surface area contributed by atoms with E-state index in [-0.39, 0.29) is 5.15 Å². The molecule has 7 heteroatoms. The average molecular weight is 316 g/mol. The monoisotopic (exact) mass is 315 g/mol. The molecule has 20 heavy (non-hydrogen) atoms. The summed E-state index contributed by atoms with van der Waals surface area (Å²) >= 11 is 11.6. The fourth-order valence-electron chi connectivity index (χ4n) is 1.77. The van der Waals surface area contributed by atoms with Gasteiger partial charge in [0, 0.05) is 18.2 Å². The maximum Gasteiger partial charge on any atom is 0.166 e. The molecule has 1 aromatic carbocycles. The maximum absolute atomic E-state index is 5.79. The molecular formula is C13H15Cl2N3O2. The van der Waals surface area contributed by atoms with Crippen LogP contribution >= 0.6 is 23.2 Å². The Balaban J connectivity index is 1.96. The van der Waals surface area contributed by atoms with Crippen LogP contribution in [0.15, 0.2) is 18.2 Å². The van der Waals surface area contributed by atoms with Crippen LogP contribution in [-0.2, 0) is 13.1 Å². The highest BCUT2D eigenvalue weighted by Gasteiger charge is 2.07. The molecule has 0 amide bonds. The number of aromatic amines is 1. The third kappa shape index (κ3) is 3.56. The Morgan fingerprint density at radius 3 is 2.60 bits per heavy atom. The third-order valence-electron chi connectivity index (χ3n) is 2.77. The summed E-state index contributed by atoms with van der Waals surface area (Å²) in [7, 11) is 3.25. The highest BCUT2D eigenvalue weighted by molar-refractivity contribution is 6.40. The summed E-state index contributed by atoms with van der Waals surface area (Å²) in [4.78, 5) is 6.96. The van der Waals surface area contributed by atoms with Gasteiger partial charge in [0.15, 0.2) is 5.15 Å². The minimum atomic E-state index is 0.283. The lowest BCUT2D eigenvalue weighted by Gasteiger charge is -2.10. The first-order valence-corrected chi connectivity index (χ1v) is 6.71. The second-order valence-electron chi connectivity index (χ2n) is 4.07. The minimum Gasteiger partial charge on any atom is -0.497 e. The number of rotatable bonds is 6. The lowest BCUT2D eigenvalue weighted by Crippen LogP contribution is -2.14. The molecular weight excluding hydrogens is 301 g/mol. The Hall–Kier alpha value is -1.43. The van der Waals surface area contributed by atoms with E-state index in [0.29, 0.717) is 24.1 Å². The van der Waals surface area contributed by atoms with Crippen molar-refractivity contribution in [2.24, 2.45) is 0 Å². The molecule has 2 N–H and O–H groups in total. The van der Waals surface area contributed by atoms with Gasteiger partial charge in [-0.1, -0.05) is 29.3 Å². The van der Waals surface area contributed by atoms with Gasteiger partial charge in [0.1, 0.15) is 22.5 Å². The quantitative estimate of drug-likeness (QED) is 0.860. The fraction of sp³-hybridized carbons (Fsp3) is 0.308. The van der Waals surface area contributed by atoms with Crippen molar-refractivity contribution in [2.75, 3.05) is 14.2 Å². The first-order chi connectivity index (χ1) is 9.63. The molecule has 1 aromatic heterocycles. The smallest absolute Gasteiger partial charge is 0.166 e. The van der Waals surface area contributed by atoms with E-state index in [4.69, 9.17) is 32.7 Å². The van der Waals surface area contributed by atoms with E-state index in [0.717, 1.165) is 17.1 Å². The van der Waals surface area contributed by atoms with Crippen LogP contribution in [-0.4, -0.2) is 24.2 Å². The number of nitrogens with zero attached hydrogens (tertiary/aromatic N) is 1. The topological polar surface area (TPSA) is 59.2 Å². The van der Waals surface area contributed by atoms with Crippen molar-refractivity contribution >= 4 is 23.2 Å². The zero-order valence-electron chi connectivity index (χ0n) is 11.2. The summed E-state index contributed by atoms with van der Waals surface area (Å²) < 4.78 is 10.5. The predicted octanol–water partition coefficient (Wildman–Crippen LogP) is 3.02. The highest BCUT2D eigenvalue weighted by atomic mass is 35.5. The van der Waals surface area contributed by atoms with Gasteiger partial charge in [0.05, 0.1) is 20.8 Å². The van der Waals surface area contributed by atoms with Gasteiger partial charge >= 0.3 is 0 Å². The van der Waals surface area contributed by atoms with Gasteiger partial charge in [-0.2, -0.15) is 0 Å². The number of H-pyrrole nitrogens is 1. The summed E-state index contributed by atoms with van der Waals surface area (Å²) in [5.74, 6) is 2.22. The molecule has 0 aliphatic heterocycles. The third-order valence-corrected chi connectivity index (χ3v) is 3.41. The van der Waals surface area contributed by atoms with E-state index < -0.39 is 0 Å². The lowest BCUT2D eigenvalue weighted by atomic mass is 10.2. The van der Waals surface area contributed by atoms with Gasteiger partial charge in [-0.05, 0) is 6.07 Å². The summed E-state index contributed by atoms with van der Waals surface area (Å²) in [6, 6.07) is 5.69. The van der Waals surface area contributed by atoms with E-state index in [1.54, 1.807) is 14.2 Å². The molecule has 108 valence electrons. The molecule has 0 aliphatic rings. The molecule has 0 fully saturated rings. The van der Waals surface area contributed by atoms with Gasteiger partial charge in [0.2, 0.25) is 0 Å². The van der Waals surface area contributed by atoms with Crippen molar-refractivity contribution < 1.29 is 9.47 Å². The normalized spacial score (nSPS) is 10.6. The molecule has 0 aliphatic carbocycles. The first kappa shape index (κ1) is 15.0. The number of ether oxygens (including phenoxy) is 2. The number of aromatic nitrogens is 2. The van der Waals surface area contributed by atoms with Gasteiger partial charge < -0.3 is 19.8 Å². The zero-order valence-corrected chi connectivity index (χ0v) is 12.7. The number of halogens is 2. The Bertz CT molecular complexity index is 567. The molecule has 1 heterocycles. The first-order valence-electron chi connectivity index (χ1n) is 5.95. The molecule has 0 spiro atoms. The predicted molar refractivity (Wildman–Crippen MR) is 78.7 cm³/mol. The summed E-state index contributed by atoms with van der Waals surface area (Å²) in [5.41, 5.74) is 1.03. The standard InChI is InChI=1S/C13H15Cl2N3O2/c1-19-9-4-3-8(10(5-9)20-2)6-16-7-11-17-12(14)13(15)18-11/h3-5,16H,6-7H2,1-2H3,(H,17,18). The van der Waals surface area contributed by atoms with Crippen LogP contribution in [0.1, 0.15) is 11.4 Å². The minimum absolute atomic E-state index is 0.283. The number of imidazole rings is 1. The van der Waals surface area contributed by atoms with Crippen molar-refractivity contribution in [3.8, 4) is 11.5 Å². The van der Waals surface area contributed by atoms with E-state index in [2.05, 4.69) is 15.3 Å². The van der Waals surface area contributed by atoms with Crippen molar-refractivity contribution in [2.45, 2.75) is 13.1 Å².